The Hall–Kier alpha value is -1.62. The normalized spacial score (nSPS) is 30.5. The first-order valence-corrected chi connectivity index (χ1v) is 9.51. The summed E-state index contributed by atoms with van der Waals surface area (Å²) in [5, 5.41) is 8.86. The number of allylic oxidation sites excluding steroid dienone is 1. The van der Waals surface area contributed by atoms with Crippen LogP contribution in [0.3, 0.4) is 0 Å². The first-order chi connectivity index (χ1) is 11.7. The summed E-state index contributed by atoms with van der Waals surface area (Å²) < 4.78 is 13.8. The number of halogens is 1. The second-order valence-electron chi connectivity index (χ2n) is 7.77. The smallest absolute Gasteiger partial charge is 0.141 e. The van der Waals surface area contributed by atoms with E-state index in [0.717, 1.165) is 23.3 Å². The Morgan fingerprint density at radius 1 is 1.04 bits per heavy atom. The molecular formula is C22H28FN. The zero-order chi connectivity index (χ0) is 16.9. The first-order valence-electron chi connectivity index (χ1n) is 9.51. The predicted molar refractivity (Wildman–Crippen MR) is 96.1 cm³/mol. The molecule has 0 spiro atoms. The number of hydrogen-bond donors (Lipinski definition) is 0. The zero-order valence-electron chi connectivity index (χ0n) is 14.5. The van der Waals surface area contributed by atoms with Gasteiger partial charge in [-0.2, -0.15) is 5.26 Å². The van der Waals surface area contributed by atoms with E-state index >= 15 is 0 Å². The molecule has 3 rings (SSSR count). The molecule has 0 heterocycles. The summed E-state index contributed by atoms with van der Waals surface area (Å²) in [6.45, 7) is 3.87. The van der Waals surface area contributed by atoms with E-state index in [-0.39, 0.29) is 11.4 Å². The van der Waals surface area contributed by atoms with Crippen LogP contribution in [0.1, 0.15) is 74.8 Å². The maximum Gasteiger partial charge on any atom is 0.141 e. The van der Waals surface area contributed by atoms with E-state index in [1.165, 1.54) is 57.8 Å². The van der Waals surface area contributed by atoms with Crippen molar-refractivity contribution in [2.75, 3.05) is 0 Å². The van der Waals surface area contributed by atoms with Crippen LogP contribution >= 0.6 is 0 Å². The van der Waals surface area contributed by atoms with Crippen molar-refractivity contribution in [1.82, 2.24) is 0 Å². The molecule has 2 aliphatic rings. The highest BCUT2D eigenvalue weighted by Gasteiger charge is 2.31. The van der Waals surface area contributed by atoms with Crippen molar-refractivity contribution in [3.63, 3.8) is 0 Å². The molecule has 0 bridgehead atoms. The summed E-state index contributed by atoms with van der Waals surface area (Å²) in [5.41, 5.74) is 1.24. The third-order valence-electron chi connectivity index (χ3n) is 6.41. The van der Waals surface area contributed by atoms with Crippen molar-refractivity contribution in [1.29, 1.82) is 5.26 Å². The minimum absolute atomic E-state index is 0.156. The second-order valence-corrected chi connectivity index (χ2v) is 7.77. The Morgan fingerprint density at radius 3 is 2.21 bits per heavy atom. The van der Waals surface area contributed by atoms with Crippen molar-refractivity contribution >= 4 is 0 Å². The lowest BCUT2D eigenvalue weighted by Gasteiger charge is -2.38. The van der Waals surface area contributed by atoms with Crippen molar-refractivity contribution in [2.45, 2.75) is 63.7 Å². The minimum Gasteiger partial charge on any atom is -0.206 e. The Morgan fingerprint density at radius 2 is 1.67 bits per heavy atom. The van der Waals surface area contributed by atoms with Crippen LogP contribution in [0.5, 0.6) is 0 Å². The predicted octanol–water partition coefficient (Wildman–Crippen LogP) is 6.35. The van der Waals surface area contributed by atoms with Gasteiger partial charge in [0.05, 0.1) is 5.56 Å². The van der Waals surface area contributed by atoms with E-state index in [0.29, 0.717) is 5.92 Å². The molecule has 1 aromatic rings. The van der Waals surface area contributed by atoms with Crippen molar-refractivity contribution in [3.05, 3.63) is 47.8 Å². The molecule has 128 valence electrons. The average molecular weight is 325 g/mol. The lowest BCUT2D eigenvalue weighted by atomic mass is 9.68. The van der Waals surface area contributed by atoms with Gasteiger partial charge in [0.2, 0.25) is 0 Å². The highest BCUT2D eigenvalue weighted by Crippen LogP contribution is 2.44. The van der Waals surface area contributed by atoms with Crippen LogP contribution in [0.2, 0.25) is 0 Å². The van der Waals surface area contributed by atoms with Gasteiger partial charge in [0, 0.05) is 0 Å². The lowest BCUT2D eigenvalue weighted by molar-refractivity contribution is 0.160. The molecule has 0 saturated heterocycles. The Labute approximate surface area is 145 Å². The quantitative estimate of drug-likeness (QED) is 0.591. The van der Waals surface area contributed by atoms with Crippen LogP contribution in [-0.4, -0.2) is 0 Å². The topological polar surface area (TPSA) is 23.8 Å². The fourth-order valence-electron chi connectivity index (χ4n) is 4.93. The maximum atomic E-state index is 13.8. The fraction of sp³-hybridized carbons (Fsp3) is 0.591. The first kappa shape index (κ1) is 17.2. The van der Waals surface area contributed by atoms with Crippen LogP contribution in [-0.2, 0) is 0 Å². The van der Waals surface area contributed by atoms with Crippen LogP contribution in [0, 0.1) is 34.9 Å². The average Bonchev–Trinajstić information content (AvgIpc) is 2.63. The van der Waals surface area contributed by atoms with Crippen molar-refractivity contribution < 1.29 is 4.39 Å². The number of hydrogen-bond acceptors (Lipinski definition) is 1. The summed E-state index contributed by atoms with van der Waals surface area (Å²) in [5.74, 6) is 2.76. The summed E-state index contributed by atoms with van der Waals surface area (Å²) in [4.78, 5) is 0. The third kappa shape index (κ3) is 3.89. The number of nitrogens with zero attached hydrogens (tertiary/aromatic N) is 1. The van der Waals surface area contributed by atoms with E-state index in [4.69, 9.17) is 5.26 Å². The summed E-state index contributed by atoms with van der Waals surface area (Å²) in [6, 6.07) is 7.08. The number of benzene rings is 1. The van der Waals surface area contributed by atoms with Gasteiger partial charge in [-0.15, -0.1) is 6.58 Å². The van der Waals surface area contributed by atoms with Crippen LogP contribution in [0.4, 0.5) is 4.39 Å². The van der Waals surface area contributed by atoms with Gasteiger partial charge in [0.25, 0.3) is 0 Å². The Kier molecular flexibility index (Phi) is 5.72. The molecule has 1 aromatic carbocycles. The molecule has 0 radical (unpaired) electrons. The van der Waals surface area contributed by atoms with E-state index in [2.05, 4.69) is 12.7 Å². The molecule has 0 amide bonds. The molecular weight excluding hydrogens is 297 g/mol. The molecule has 0 N–H and O–H groups in total. The van der Waals surface area contributed by atoms with E-state index in [9.17, 15) is 4.39 Å². The van der Waals surface area contributed by atoms with E-state index in [1.54, 1.807) is 12.1 Å². The molecule has 2 heteroatoms. The molecule has 2 saturated carbocycles. The minimum atomic E-state index is -0.363. The maximum absolute atomic E-state index is 13.8. The molecule has 0 aromatic heterocycles. The van der Waals surface area contributed by atoms with Crippen LogP contribution in [0.15, 0.2) is 30.9 Å². The zero-order valence-corrected chi connectivity index (χ0v) is 14.5. The SMILES string of the molecule is C=CC[C@H]1CC[C@H]([C@H]2CC[C@H](c3ccc(C#N)c(F)c3)CC2)CC1. The van der Waals surface area contributed by atoms with Gasteiger partial charge in [-0.3, -0.25) is 0 Å². The summed E-state index contributed by atoms with van der Waals surface area (Å²) in [7, 11) is 0. The third-order valence-corrected chi connectivity index (χ3v) is 6.41. The molecule has 1 nitrogen and oxygen atoms in total. The van der Waals surface area contributed by atoms with Gasteiger partial charge in [0.15, 0.2) is 0 Å². The molecule has 0 unspecified atom stereocenters. The van der Waals surface area contributed by atoms with E-state index < -0.39 is 0 Å². The van der Waals surface area contributed by atoms with Crippen LogP contribution in [0.25, 0.3) is 0 Å². The van der Waals surface area contributed by atoms with Gasteiger partial charge >= 0.3 is 0 Å². The summed E-state index contributed by atoms with van der Waals surface area (Å²) >= 11 is 0. The fourth-order valence-corrected chi connectivity index (χ4v) is 4.93. The van der Waals surface area contributed by atoms with E-state index in [1.807, 2.05) is 12.1 Å². The largest absolute Gasteiger partial charge is 0.206 e. The van der Waals surface area contributed by atoms with Crippen LogP contribution < -0.4 is 0 Å². The number of rotatable bonds is 4. The molecule has 2 fully saturated rings. The highest BCUT2D eigenvalue weighted by molar-refractivity contribution is 5.34. The standard InChI is InChI=1S/C22H28FN/c1-2-3-16-4-6-17(7-5-16)18-8-10-19(11-9-18)20-12-13-21(15-24)22(23)14-20/h2,12-14,16-19H,1,3-11H2/t16-,17-,18-,19-. The molecule has 0 aliphatic heterocycles. The highest BCUT2D eigenvalue weighted by atomic mass is 19.1. The summed E-state index contributed by atoms with van der Waals surface area (Å²) in [6.07, 6.45) is 13.7. The van der Waals surface area contributed by atoms with Gasteiger partial charge in [-0.05, 0) is 99.2 Å². The van der Waals surface area contributed by atoms with Gasteiger partial charge in [-0.25, -0.2) is 4.39 Å². The Bertz CT molecular complexity index is 599. The lowest BCUT2D eigenvalue weighted by Crippen LogP contribution is -2.25. The molecule has 24 heavy (non-hydrogen) atoms. The molecule has 2 aliphatic carbocycles. The van der Waals surface area contributed by atoms with Crippen molar-refractivity contribution in [3.8, 4) is 6.07 Å². The Balaban J connectivity index is 1.52. The van der Waals surface area contributed by atoms with Gasteiger partial charge in [-0.1, -0.05) is 12.1 Å². The second kappa shape index (κ2) is 7.97. The molecule has 0 atom stereocenters. The van der Waals surface area contributed by atoms with Gasteiger partial charge in [0.1, 0.15) is 11.9 Å². The van der Waals surface area contributed by atoms with Crippen molar-refractivity contribution in [2.24, 2.45) is 17.8 Å². The monoisotopic (exact) mass is 325 g/mol. The number of nitriles is 1. The van der Waals surface area contributed by atoms with Gasteiger partial charge < -0.3 is 0 Å².